The number of hydrogen-bond acceptors (Lipinski definition) is 6. The van der Waals surface area contributed by atoms with Crippen molar-refractivity contribution in [3.63, 3.8) is 0 Å². The van der Waals surface area contributed by atoms with Crippen LogP contribution < -0.4 is 5.73 Å². The average molecular weight is 315 g/mol. The number of benzene rings is 1. The zero-order valence-corrected chi connectivity index (χ0v) is 12.2. The Kier molecular flexibility index (Phi) is 4.88. The number of morpholine rings is 1. The van der Waals surface area contributed by atoms with Crippen molar-refractivity contribution in [3.8, 4) is 0 Å². The molecule has 0 amide bonds. The fraction of sp³-hybridized carbons (Fsp3) is 0.500. The highest BCUT2D eigenvalue weighted by molar-refractivity contribution is 7.88. The summed E-state index contributed by atoms with van der Waals surface area (Å²) < 4.78 is 31.4. The fourth-order valence-corrected chi connectivity index (χ4v) is 3.65. The van der Waals surface area contributed by atoms with Crippen LogP contribution in [0.5, 0.6) is 0 Å². The van der Waals surface area contributed by atoms with Gasteiger partial charge in [0.15, 0.2) is 0 Å². The zero-order valence-electron chi connectivity index (χ0n) is 11.3. The van der Waals surface area contributed by atoms with Crippen LogP contribution in [0.25, 0.3) is 0 Å². The van der Waals surface area contributed by atoms with Crippen molar-refractivity contribution in [2.45, 2.75) is 11.9 Å². The average Bonchev–Trinajstić information content (AvgIpc) is 2.47. The molecule has 2 rings (SSSR count). The highest BCUT2D eigenvalue weighted by atomic mass is 32.2. The lowest BCUT2D eigenvalue weighted by Gasteiger charge is -2.31. The van der Waals surface area contributed by atoms with E-state index in [9.17, 15) is 18.5 Å². The Morgan fingerprint density at radius 3 is 2.62 bits per heavy atom. The van der Waals surface area contributed by atoms with E-state index < -0.39 is 14.9 Å². The molecule has 2 N–H and O–H groups in total. The third kappa shape index (κ3) is 3.97. The lowest BCUT2D eigenvalue weighted by Crippen LogP contribution is -2.48. The highest BCUT2D eigenvalue weighted by Gasteiger charge is 2.29. The van der Waals surface area contributed by atoms with E-state index in [4.69, 9.17) is 10.5 Å². The Labute approximate surface area is 122 Å². The van der Waals surface area contributed by atoms with Gasteiger partial charge in [-0.15, -0.1) is 0 Å². The monoisotopic (exact) mass is 315 g/mol. The standard InChI is InChI=1S/C12H17N3O5S/c13-7-12-8-14(5-6-20-12)21(18,19)9-10-1-3-11(4-2-10)15(16)17/h1-4,12H,5-9,13H2. The number of non-ortho nitro benzene ring substituents is 1. The molecule has 1 saturated heterocycles. The van der Waals surface area contributed by atoms with E-state index in [2.05, 4.69) is 0 Å². The van der Waals surface area contributed by atoms with Crippen molar-refractivity contribution in [2.24, 2.45) is 5.73 Å². The Bertz CT molecular complexity index is 602. The van der Waals surface area contributed by atoms with E-state index in [-0.39, 0.29) is 30.6 Å². The number of nitrogens with zero attached hydrogens (tertiary/aromatic N) is 2. The summed E-state index contributed by atoms with van der Waals surface area (Å²) in [6.45, 7) is 1.13. The predicted molar refractivity (Wildman–Crippen MR) is 76.1 cm³/mol. The van der Waals surface area contributed by atoms with Gasteiger partial charge >= 0.3 is 0 Å². The quantitative estimate of drug-likeness (QED) is 0.608. The minimum atomic E-state index is -3.48. The smallest absolute Gasteiger partial charge is 0.269 e. The zero-order chi connectivity index (χ0) is 15.5. The molecule has 1 aliphatic heterocycles. The molecule has 0 aliphatic carbocycles. The van der Waals surface area contributed by atoms with Gasteiger partial charge in [-0.2, -0.15) is 4.31 Å². The van der Waals surface area contributed by atoms with Gasteiger partial charge in [-0.3, -0.25) is 10.1 Å². The first-order valence-electron chi connectivity index (χ1n) is 6.45. The summed E-state index contributed by atoms with van der Waals surface area (Å²) in [5.74, 6) is -0.192. The molecule has 1 aliphatic rings. The summed E-state index contributed by atoms with van der Waals surface area (Å²) >= 11 is 0. The maximum absolute atomic E-state index is 12.3. The minimum absolute atomic E-state index is 0.0642. The Balaban J connectivity index is 2.08. The van der Waals surface area contributed by atoms with Crippen molar-refractivity contribution in [2.75, 3.05) is 26.2 Å². The van der Waals surface area contributed by atoms with Crippen LogP contribution >= 0.6 is 0 Å². The van der Waals surface area contributed by atoms with E-state index >= 15 is 0 Å². The largest absolute Gasteiger partial charge is 0.374 e. The molecule has 1 aromatic carbocycles. The lowest BCUT2D eigenvalue weighted by molar-refractivity contribution is -0.384. The predicted octanol–water partition coefficient (Wildman–Crippen LogP) is 0.0841. The maximum atomic E-state index is 12.3. The van der Waals surface area contributed by atoms with Crippen LogP contribution in [-0.2, 0) is 20.5 Å². The molecule has 116 valence electrons. The Morgan fingerprint density at radius 1 is 1.38 bits per heavy atom. The summed E-state index contributed by atoms with van der Waals surface area (Å²) in [6, 6.07) is 5.51. The molecule has 1 aromatic rings. The number of rotatable bonds is 5. The normalized spacial score (nSPS) is 20.3. The van der Waals surface area contributed by atoms with E-state index in [1.807, 2.05) is 0 Å². The van der Waals surface area contributed by atoms with Crippen LogP contribution in [0, 0.1) is 10.1 Å². The number of sulfonamides is 1. The van der Waals surface area contributed by atoms with Crippen LogP contribution in [-0.4, -0.2) is 50.0 Å². The van der Waals surface area contributed by atoms with Gasteiger partial charge in [-0.1, -0.05) is 12.1 Å². The SMILES string of the molecule is NCC1CN(S(=O)(=O)Cc2ccc([N+](=O)[O-])cc2)CCO1. The van der Waals surface area contributed by atoms with Gasteiger partial charge in [-0.05, 0) is 5.56 Å². The molecule has 1 heterocycles. The number of nitrogens with two attached hydrogens (primary N) is 1. The molecule has 0 radical (unpaired) electrons. The number of nitro groups is 1. The summed E-state index contributed by atoms with van der Waals surface area (Å²) in [6.07, 6.45) is -0.287. The molecule has 0 spiro atoms. The summed E-state index contributed by atoms with van der Waals surface area (Å²) in [5, 5.41) is 10.6. The van der Waals surface area contributed by atoms with Crippen LogP contribution in [0.4, 0.5) is 5.69 Å². The fourth-order valence-electron chi connectivity index (χ4n) is 2.10. The summed E-state index contributed by atoms with van der Waals surface area (Å²) in [5.41, 5.74) is 5.94. The van der Waals surface area contributed by atoms with Gasteiger partial charge in [0, 0.05) is 31.8 Å². The summed E-state index contributed by atoms with van der Waals surface area (Å²) in [4.78, 5) is 10.0. The van der Waals surface area contributed by atoms with E-state index in [1.165, 1.54) is 28.6 Å². The molecular weight excluding hydrogens is 298 g/mol. The molecule has 8 nitrogen and oxygen atoms in total. The van der Waals surface area contributed by atoms with Crippen LogP contribution in [0.15, 0.2) is 24.3 Å². The molecule has 0 saturated carbocycles. The third-order valence-electron chi connectivity index (χ3n) is 3.25. The van der Waals surface area contributed by atoms with Crippen LogP contribution in [0.1, 0.15) is 5.56 Å². The molecule has 1 fully saturated rings. The first kappa shape index (κ1) is 15.8. The lowest BCUT2D eigenvalue weighted by atomic mass is 10.2. The Hall–Kier alpha value is -1.55. The van der Waals surface area contributed by atoms with Crippen molar-refractivity contribution >= 4 is 15.7 Å². The van der Waals surface area contributed by atoms with Crippen LogP contribution in [0.3, 0.4) is 0 Å². The van der Waals surface area contributed by atoms with Crippen molar-refractivity contribution in [1.82, 2.24) is 4.31 Å². The van der Waals surface area contributed by atoms with Crippen LogP contribution in [0.2, 0.25) is 0 Å². The third-order valence-corrected chi connectivity index (χ3v) is 5.07. The maximum Gasteiger partial charge on any atom is 0.269 e. The van der Waals surface area contributed by atoms with E-state index in [0.717, 1.165) is 0 Å². The first-order valence-corrected chi connectivity index (χ1v) is 8.06. The van der Waals surface area contributed by atoms with Gasteiger partial charge in [-0.25, -0.2) is 8.42 Å². The first-order chi connectivity index (χ1) is 9.92. The van der Waals surface area contributed by atoms with E-state index in [1.54, 1.807) is 0 Å². The molecule has 1 unspecified atom stereocenters. The number of nitro benzene ring substituents is 1. The Morgan fingerprint density at radius 2 is 2.05 bits per heavy atom. The van der Waals surface area contributed by atoms with Crippen molar-refractivity contribution in [1.29, 1.82) is 0 Å². The van der Waals surface area contributed by atoms with Gasteiger partial charge in [0.2, 0.25) is 10.0 Å². The second-order valence-electron chi connectivity index (χ2n) is 4.77. The molecule has 1 atom stereocenters. The highest BCUT2D eigenvalue weighted by Crippen LogP contribution is 2.17. The number of hydrogen-bond donors (Lipinski definition) is 1. The van der Waals surface area contributed by atoms with Crippen molar-refractivity contribution in [3.05, 3.63) is 39.9 Å². The van der Waals surface area contributed by atoms with Gasteiger partial charge < -0.3 is 10.5 Å². The second-order valence-corrected chi connectivity index (χ2v) is 6.74. The minimum Gasteiger partial charge on any atom is -0.374 e. The topological polar surface area (TPSA) is 116 Å². The molecule has 0 aromatic heterocycles. The molecule has 21 heavy (non-hydrogen) atoms. The van der Waals surface area contributed by atoms with Crippen molar-refractivity contribution < 1.29 is 18.1 Å². The van der Waals surface area contributed by atoms with E-state index in [0.29, 0.717) is 18.7 Å². The second kappa shape index (κ2) is 6.48. The van der Waals surface area contributed by atoms with Gasteiger partial charge in [0.05, 0.1) is 23.4 Å². The molecular formula is C12H17N3O5S. The molecule has 0 bridgehead atoms. The van der Waals surface area contributed by atoms with Gasteiger partial charge in [0.25, 0.3) is 5.69 Å². The molecule has 9 heteroatoms. The number of ether oxygens (including phenoxy) is 1. The summed E-state index contributed by atoms with van der Waals surface area (Å²) in [7, 11) is -3.48. The van der Waals surface area contributed by atoms with Gasteiger partial charge in [0.1, 0.15) is 0 Å².